The molecule has 0 radical (unpaired) electrons. The van der Waals surface area contributed by atoms with E-state index in [1.54, 1.807) is 36.4 Å². The van der Waals surface area contributed by atoms with E-state index in [9.17, 15) is 14.4 Å². The summed E-state index contributed by atoms with van der Waals surface area (Å²) in [5.41, 5.74) is 1.53. The number of carbonyl (C=O) groups is 3. The zero-order valence-electron chi connectivity index (χ0n) is 17.0. The molecule has 2 aromatic carbocycles. The van der Waals surface area contributed by atoms with E-state index in [2.05, 4.69) is 26.6 Å². The number of rotatable bonds is 11. The van der Waals surface area contributed by atoms with Gasteiger partial charge in [-0.2, -0.15) is 0 Å². The zero-order chi connectivity index (χ0) is 22.5. The summed E-state index contributed by atoms with van der Waals surface area (Å²) in [5.74, 6) is -1.61. The van der Waals surface area contributed by atoms with E-state index in [0.717, 1.165) is 10.0 Å². The van der Waals surface area contributed by atoms with Gasteiger partial charge in [0.2, 0.25) is 0 Å². The molecule has 0 atom stereocenters. The van der Waals surface area contributed by atoms with Gasteiger partial charge in [-0.25, -0.2) is 0 Å². The van der Waals surface area contributed by atoms with Gasteiger partial charge in [-0.1, -0.05) is 64.8 Å². The Morgan fingerprint density at radius 3 is 2.32 bits per heavy atom. The molecule has 0 aliphatic rings. The molecule has 0 bridgehead atoms. The summed E-state index contributed by atoms with van der Waals surface area (Å²) < 4.78 is 0.853. The van der Waals surface area contributed by atoms with E-state index in [1.807, 2.05) is 36.4 Å². The third-order valence-corrected chi connectivity index (χ3v) is 4.83. The summed E-state index contributed by atoms with van der Waals surface area (Å²) in [4.78, 5) is 35.7. The van der Waals surface area contributed by atoms with Gasteiger partial charge < -0.3 is 15.7 Å². The molecule has 0 aliphatic carbocycles. The summed E-state index contributed by atoms with van der Waals surface area (Å²) in [5, 5.41) is 14.1. The predicted molar refractivity (Wildman–Crippen MR) is 124 cm³/mol. The number of amides is 2. The smallest absolute Gasteiger partial charge is 0.303 e. The first-order valence-electron chi connectivity index (χ1n) is 9.96. The van der Waals surface area contributed by atoms with Crippen LogP contribution in [0.5, 0.6) is 0 Å². The molecule has 0 unspecified atom stereocenters. The maximum absolute atomic E-state index is 12.6. The highest BCUT2D eigenvalue weighted by Crippen LogP contribution is 2.11. The molecule has 0 aromatic heterocycles. The van der Waals surface area contributed by atoms with Crippen molar-refractivity contribution in [2.45, 2.75) is 25.7 Å². The van der Waals surface area contributed by atoms with Gasteiger partial charge in [-0.05, 0) is 48.7 Å². The van der Waals surface area contributed by atoms with Gasteiger partial charge in [-0.15, -0.1) is 0 Å². The summed E-state index contributed by atoms with van der Waals surface area (Å²) in [6.45, 7) is 0.395. The highest BCUT2D eigenvalue weighted by atomic mass is 79.9. The number of carboxylic acid groups (broad SMARTS) is 1. The highest BCUT2D eigenvalue weighted by molar-refractivity contribution is 9.10. The Kier molecular flexibility index (Phi) is 10.2. The van der Waals surface area contributed by atoms with Crippen LogP contribution in [0.4, 0.5) is 0 Å². The number of carbonyl (C=O) groups excluding carboxylic acids is 2. The van der Waals surface area contributed by atoms with Crippen LogP contribution in [-0.4, -0.2) is 29.4 Å². The van der Waals surface area contributed by atoms with Crippen LogP contribution in [0.1, 0.15) is 41.6 Å². The van der Waals surface area contributed by atoms with Gasteiger partial charge in [0.05, 0.1) is 0 Å². The van der Waals surface area contributed by atoms with E-state index >= 15 is 0 Å². The van der Waals surface area contributed by atoms with Gasteiger partial charge >= 0.3 is 5.97 Å². The Bertz CT molecular complexity index is 938. The summed E-state index contributed by atoms with van der Waals surface area (Å²) in [6, 6.07) is 16.4. The number of halogens is 1. The van der Waals surface area contributed by atoms with Crippen LogP contribution in [0.15, 0.2) is 76.9 Å². The van der Waals surface area contributed by atoms with Crippen molar-refractivity contribution >= 4 is 39.8 Å². The van der Waals surface area contributed by atoms with Crippen molar-refractivity contribution in [2.24, 2.45) is 0 Å². The third kappa shape index (κ3) is 9.44. The fourth-order valence-electron chi connectivity index (χ4n) is 2.66. The molecule has 2 amide bonds. The van der Waals surface area contributed by atoms with Crippen molar-refractivity contribution in [3.63, 3.8) is 0 Å². The average molecular weight is 485 g/mol. The van der Waals surface area contributed by atoms with Gasteiger partial charge in [0.25, 0.3) is 11.8 Å². The Hall–Kier alpha value is -3.19. The fraction of sp³-hybridized carbons (Fsp3) is 0.208. The Balaban J connectivity index is 2.02. The number of allylic oxidation sites excluding steroid dienone is 2. The Morgan fingerprint density at radius 2 is 1.65 bits per heavy atom. The maximum Gasteiger partial charge on any atom is 0.303 e. The van der Waals surface area contributed by atoms with Gasteiger partial charge in [0.15, 0.2) is 0 Å². The normalized spacial score (nSPS) is 11.3. The van der Waals surface area contributed by atoms with Crippen LogP contribution < -0.4 is 10.6 Å². The highest BCUT2D eigenvalue weighted by Gasteiger charge is 2.13. The lowest BCUT2D eigenvalue weighted by Gasteiger charge is -2.10. The summed E-state index contributed by atoms with van der Waals surface area (Å²) in [6.07, 6.45) is 7.14. The van der Waals surface area contributed by atoms with Crippen LogP contribution >= 0.6 is 15.9 Å². The molecule has 0 heterocycles. The lowest BCUT2D eigenvalue weighted by atomic mass is 10.2. The number of aliphatic carboxylic acids is 1. The number of carboxylic acids is 1. The molecule has 0 saturated carbocycles. The number of benzene rings is 2. The first-order valence-corrected chi connectivity index (χ1v) is 10.8. The third-order valence-electron chi connectivity index (χ3n) is 4.30. The second-order valence-electron chi connectivity index (χ2n) is 6.77. The van der Waals surface area contributed by atoms with Crippen molar-refractivity contribution in [3.8, 4) is 0 Å². The zero-order valence-corrected chi connectivity index (χ0v) is 18.6. The van der Waals surface area contributed by atoms with Crippen LogP contribution in [0.25, 0.3) is 6.08 Å². The van der Waals surface area contributed by atoms with Crippen molar-refractivity contribution < 1.29 is 19.5 Å². The fourth-order valence-corrected chi connectivity index (χ4v) is 2.93. The monoisotopic (exact) mass is 484 g/mol. The molecular formula is C24H25BrN2O4. The van der Waals surface area contributed by atoms with Crippen LogP contribution in [0, 0.1) is 0 Å². The van der Waals surface area contributed by atoms with Gasteiger partial charge in [-0.3, -0.25) is 14.4 Å². The van der Waals surface area contributed by atoms with E-state index < -0.39 is 11.9 Å². The van der Waals surface area contributed by atoms with Crippen LogP contribution in [0.2, 0.25) is 0 Å². The minimum Gasteiger partial charge on any atom is -0.481 e. The van der Waals surface area contributed by atoms with Crippen molar-refractivity contribution in [3.05, 3.63) is 88.0 Å². The second-order valence-corrected chi connectivity index (χ2v) is 7.69. The molecule has 0 spiro atoms. The van der Waals surface area contributed by atoms with Crippen LogP contribution in [0.3, 0.4) is 0 Å². The average Bonchev–Trinajstić information content (AvgIpc) is 2.76. The molecule has 162 valence electrons. The molecule has 0 saturated heterocycles. The minimum atomic E-state index is -0.824. The van der Waals surface area contributed by atoms with E-state index in [-0.39, 0.29) is 18.0 Å². The lowest BCUT2D eigenvalue weighted by Crippen LogP contribution is -2.35. The SMILES string of the molecule is O=C(O)CCCCCNC(=O)/C(=C\C=C\c1ccccc1)NC(=O)c1ccc(Br)cc1. The van der Waals surface area contributed by atoms with Crippen LogP contribution in [-0.2, 0) is 9.59 Å². The predicted octanol–water partition coefficient (Wildman–Crippen LogP) is 4.54. The van der Waals surface area contributed by atoms with Crippen molar-refractivity contribution in [1.82, 2.24) is 10.6 Å². The summed E-state index contributed by atoms with van der Waals surface area (Å²) in [7, 11) is 0. The number of nitrogens with one attached hydrogen (secondary N) is 2. The standard InChI is InChI=1S/C24H25BrN2O4/c25-20-15-13-19(14-16-20)23(30)27-21(11-7-10-18-8-3-1-4-9-18)24(31)26-17-6-2-5-12-22(28)29/h1,3-4,7-11,13-16H,2,5-6,12,17H2,(H,26,31)(H,27,30)(H,28,29)/b10-7+,21-11+. The van der Waals surface area contributed by atoms with E-state index in [1.165, 1.54) is 0 Å². The van der Waals surface area contributed by atoms with Gasteiger partial charge in [0.1, 0.15) is 5.70 Å². The molecule has 2 rings (SSSR count). The van der Waals surface area contributed by atoms with Gasteiger partial charge in [0, 0.05) is 23.0 Å². The quantitative estimate of drug-likeness (QED) is 0.248. The minimum absolute atomic E-state index is 0.118. The molecule has 31 heavy (non-hydrogen) atoms. The molecule has 0 aliphatic heterocycles. The number of unbranched alkanes of at least 4 members (excludes halogenated alkanes) is 2. The molecule has 7 heteroatoms. The molecule has 0 fully saturated rings. The van der Waals surface area contributed by atoms with E-state index in [4.69, 9.17) is 5.11 Å². The molecule has 2 aromatic rings. The number of hydrogen-bond donors (Lipinski definition) is 3. The Morgan fingerprint density at radius 1 is 0.935 bits per heavy atom. The van der Waals surface area contributed by atoms with E-state index in [0.29, 0.717) is 31.4 Å². The second kappa shape index (κ2) is 13.2. The maximum atomic E-state index is 12.6. The van der Waals surface area contributed by atoms with Crippen molar-refractivity contribution in [2.75, 3.05) is 6.54 Å². The summed E-state index contributed by atoms with van der Waals surface area (Å²) >= 11 is 3.33. The topological polar surface area (TPSA) is 95.5 Å². The first-order chi connectivity index (χ1) is 15.0. The molecular weight excluding hydrogens is 460 g/mol. The lowest BCUT2D eigenvalue weighted by molar-refractivity contribution is -0.137. The first kappa shape index (κ1) is 24.1. The largest absolute Gasteiger partial charge is 0.481 e. The van der Waals surface area contributed by atoms with Crippen molar-refractivity contribution in [1.29, 1.82) is 0 Å². The molecule has 3 N–H and O–H groups in total. The Labute approximate surface area is 190 Å². The number of hydrogen-bond acceptors (Lipinski definition) is 3. The molecule has 6 nitrogen and oxygen atoms in total.